The second kappa shape index (κ2) is 6.34. The molecule has 1 aliphatic rings. The highest BCUT2D eigenvalue weighted by Crippen LogP contribution is 2.24. The predicted molar refractivity (Wildman–Crippen MR) is 96.2 cm³/mol. The van der Waals surface area contributed by atoms with Crippen LogP contribution in [0.15, 0.2) is 0 Å². The average molecular weight is 319 g/mol. The van der Waals surface area contributed by atoms with Gasteiger partial charge in [0.2, 0.25) is 5.95 Å². The number of aromatic nitrogens is 3. The molecule has 0 radical (unpaired) electrons. The van der Waals surface area contributed by atoms with Gasteiger partial charge < -0.3 is 4.90 Å². The van der Waals surface area contributed by atoms with Crippen LogP contribution in [-0.4, -0.2) is 51.6 Å². The zero-order valence-electron chi connectivity index (χ0n) is 16.1. The standard InChI is InChI=1S/C18H33N5/c1-13(2)14-19-15(17(3,4)5)21-16(20-14)22-9-11-23(12-10-22)18(6,7)8/h13H,9-12H2,1-8H3. The summed E-state index contributed by atoms with van der Waals surface area (Å²) in [4.78, 5) is 19.1. The van der Waals surface area contributed by atoms with Crippen molar-refractivity contribution in [1.29, 1.82) is 0 Å². The van der Waals surface area contributed by atoms with Gasteiger partial charge in [0.05, 0.1) is 0 Å². The lowest BCUT2D eigenvalue weighted by Crippen LogP contribution is -2.53. The van der Waals surface area contributed by atoms with Crippen molar-refractivity contribution < 1.29 is 0 Å². The third kappa shape index (κ3) is 4.40. The first-order chi connectivity index (χ1) is 10.5. The Morgan fingerprint density at radius 3 is 1.83 bits per heavy atom. The van der Waals surface area contributed by atoms with E-state index in [0.29, 0.717) is 5.92 Å². The Labute approximate surface area is 141 Å². The Morgan fingerprint density at radius 1 is 0.826 bits per heavy atom. The quantitative estimate of drug-likeness (QED) is 0.837. The normalized spacial score (nSPS) is 17.9. The van der Waals surface area contributed by atoms with Crippen LogP contribution in [0.25, 0.3) is 0 Å². The summed E-state index contributed by atoms with van der Waals surface area (Å²) >= 11 is 0. The lowest BCUT2D eigenvalue weighted by molar-refractivity contribution is 0.128. The molecule has 0 aliphatic carbocycles. The van der Waals surface area contributed by atoms with Gasteiger partial charge >= 0.3 is 0 Å². The molecule has 0 spiro atoms. The van der Waals surface area contributed by atoms with Crippen molar-refractivity contribution in [3.63, 3.8) is 0 Å². The molecule has 5 heteroatoms. The molecule has 2 rings (SSSR count). The van der Waals surface area contributed by atoms with Gasteiger partial charge in [-0.25, -0.2) is 4.98 Å². The Morgan fingerprint density at radius 2 is 1.39 bits per heavy atom. The number of hydrogen-bond acceptors (Lipinski definition) is 5. The van der Waals surface area contributed by atoms with E-state index in [1.54, 1.807) is 0 Å². The highest BCUT2D eigenvalue weighted by molar-refractivity contribution is 5.32. The molecule has 0 atom stereocenters. The van der Waals surface area contributed by atoms with E-state index in [2.05, 4.69) is 65.2 Å². The monoisotopic (exact) mass is 319 g/mol. The SMILES string of the molecule is CC(C)c1nc(N2CCN(C(C)(C)C)CC2)nc(C(C)(C)C)n1. The Hall–Kier alpha value is -1.23. The number of rotatable bonds is 2. The zero-order chi connectivity index (χ0) is 17.4. The average Bonchev–Trinajstić information content (AvgIpc) is 2.45. The maximum Gasteiger partial charge on any atom is 0.228 e. The van der Waals surface area contributed by atoms with Crippen LogP contribution in [0, 0.1) is 0 Å². The van der Waals surface area contributed by atoms with E-state index in [1.807, 2.05) is 0 Å². The maximum absolute atomic E-state index is 4.78. The van der Waals surface area contributed by atoms with Crippen LogP contribution in [0.1, 0.15) is 73.0 Å². The van der Waals surface area contributed by atoms with Crippen molar-refractivity contribution in [2.45, 2.75) is 72.3 Å². The fraction of sp³-hybridized carbons (Fsp3) is 0.833. The molecule has 0 N–H and O–H groups in total. The van der Waals surface area contributed by atoms with Gasteiger partial charge in [-0.2, -0.15) is 9.97 Å². The molecular weight excluding hydrogens is 286 g/mol. The van der Waals surface area contributed by atoms with Crippen molar-refractivity contribution in [3.8, 4) is 0 Å². The molecule has 130 valence electrons. The van der Waals surface area contributed by atoms with Crippen LogP contribution >= 0.6 is 0 Å². The minimum Gasteiger partial charge on any atom is -0.338 e. The molecule has 1 aliphatic heterocycles. The van der Waals surface area contributed by atoms with E-state index in [1.165, 1.54) is 0 Å². The van der Waals surface area contributed by atoms with E-state index >= 15 is 0 Å². The van der Waals surface area contributed by atoms with Gasteiger partial charge in [-0.15, -0.1) is 0 Å². The summed E-state index contributed by atoms with van der Waals surface area (Å²) in [5.74, 6) is 2.96. The first-order valence-electron chi connectivity index (χ1n) is 8.75. The molecule has 1 aromatic rings. The highest BCUT2D eigenvalue weighted by Gasteiger charge is 2.28. The van der Waals surface area contributed by atoms with Crippen LogP contribution in [0.4, 0.5) is 5.95 Å². The van der Waals surface area contributed by atoms with Crippen LogP contribution in [0.5, 0.6) is 0 Å². The second-order valence-corrected chi connectivity index (χ2v) is 8.87. The highest BCUT2D eigenvalue weighted by atomic mass is 15.3. The lowest BCUT2D eigenvalue weighted by Gasteiger charge is -2.42. The molecule has 0 saturated carbocycles. The summed E-state index contributed by atoms with van der Waals surface area (Å²) in [6.45, 7) is 21.7. The molecular formula is C18H33N5. The summed E-state index contributed by atoms with van der Waals surface area (Å²) in [6, 6.07) is 0. The van der Waals surface area contributed by atoms with E-state index in [9.17, 15) is 0 Å². The van der Waals surface area contributed by atoms with Crippen molar-refractivity contribution in [2.24, 2.45) is 0 Å². The largest absolute Gasteiger partial charge is 0.338 e. The number of hydrogen-bond donors (Lipinski definition) is 0. The maximum atomic E-state index is 4.78. The van der Waals surface area contributed by atoms with E-state index in [0.717, 1.165) is 43.8 Å². The molecule has 5 nitrogen and oxygen atoms in total. The van der Waals surface area contributed by atoms with Gasteiger partial charge in [0.15, 0.2) is 0 Å². The van der Waals surface area contributed by atoms with Crippen molar-refractivity contribution in [2.75, 3.05) is 31.1 Å². The minimum absolute atomic E-state index is 0.0610. The third-order valence-corrected chi connectivity index (χ3v) is 4.34. The van der Waals surface area contributed by atoms with Crippen LogP contribution in [0.3, 0.4) is 0 Å². The lowest BCUT2D eigenvalue weighted by atomic mass is 9.95. The van der Waals surface area contributed by atoms with Gasteiger partial charge in [0.1, 0.15) is 11.6 Å². The number of anilines is 1. The van der Waals surface area contributed by atoms with E-state index < -0.39 is 0 Å². The second-order valence-electron chi connectivity index (χ2n) is 8.87. The molecule has 0 aromatic carbocycles. The number of nitrogens with zero attached hydrogens (tertiary/aromatic N) is 5. The molecule has 0 bridgehead atoms. The van der Waals surface area contributed by atoms with Crippen molar-refractivity contribution in [1.82, 2.24) is 19.9 Å². The molecule has 0 unspecified atom stereocenters. The molecule has 1 fully saturated rings. The van der Waals surface area contributed by atoms with Gasteiger partial charge in [0.25, 0.3) is 0 Å². The van der Waals surface area contributed by atoms with Crippen molar-refractivity contribution >= 4 is 5.95 Å². The van der Waals surface area contributed by atoms with Gasteiger partial charge in [0, 0.05) is 43.1 Å². The summed E-state index contributed by atoms with van der Waals surface area (Å²) in [5.41, 5.74) is 0.166. The molecule has 1 aromatic heterocycles. The molecule has 1 saturated heterocycles. The molecule has 23 heavy (non-hydrogen) atoms. The summed E-state index contributed by atoms with van der Waals surface area (Å²) in [7, 11) is 0. The predicted octanol–water partition coefficient (Wildman–Crippen LogP) is 3.21. The minimum atomic E-state index is -0.0610. The number of piperazine rings is 1. The van der Waals surface area contributed by atoms with Gasteiger partial charge in [-0.05, 0) is 20.8 Å². The first-order valence-corrected chi connectivity index (χ1v) is 8.75. The van der Waals surface area contributed by atoms with Gasteiger partial charge in [-0.1, -0.05) is 34.6 Å². The summed E-state index contributed by atoms with van der Waals surface area (Å²) in [6.07, 6.45) is 0. The fourth-order valence-corrected chi connectivity index (χ4v) is 2.69. The van der Waals surface area contributed by atoms with Crippen molar-refractivity contribution in [3.05, 3.63) is 11.6 Å². The van der Waals surface area contributed by atoms with Crippen LogP contribution < -0.4 is 4.90 Å². The Bertz CT molecular complexity index is 531. The van der Waals surface area contributed by atoms with E-state index in [-0.39, 0.29) is 11.0 Å². The Balaban J connectivity index is 2.25. The summed E-state index contributed by atoms with van der Waals surface area (Å²) in [5, 5.41) is 0. The molecule has 0 amide bonds. The van der Waals surface area contributed by atoms with E-state index in [4.69, 9.17) is 15.0 Å². The first kappa shape index (κ1) is 18.1. The third-order valence-electron chi connectivity index (χ3n) is 4.34. The van der Waals surface area contributed by atoms with Crippen LogP contribution in [-0.2, 0) is 5.41 Å². The summed E-state index contributed by atoms with van der Waals surface area (Å²) < 4.78 is 0. The zero-order valence-corrected chi connectivity index (χ0v) is 16.1. The molecule has 2 heterocycles. The smallest absolute Gasteiger partial charge is 0.228 e. The topological polar surface area (TPSA) is 45.2 Å². The van der Waals surface area contributed by atoms with Crippen LogP contribution in [0.2, 0.25) is 0 Å². The Kier molecular flexibility index (Phi) is 5.00. The van der Waals surface area contributed by atoms with Gasteiger partial charge in [-0.3, -0.25) is 4.90 Å². The fourth-order valence-electron chi connectivity index (χ4n) is 2.69.